The number of nitrogens with one attached hydrogen (secondary N) is 3. The molecule has 2 atom stereocenters. The predicted molar refractivity (Wildman–Crippen MR) is 208 cm³/mol. The van der Waals surface area contributed by atoms with Crippen molar-refractivity contribution >= 4 is 64.1 Å². The molecule has 2 amide bonds. The maximum absolute atomic E-state index is 13.9. The number of rotatable bonds is 2. The fourth-order valence-corrected chi connectivity index (χ4v) is 6.54. The fourth-order valence-electron chi connectivity index (χ4n) is 6.54. The molecule has 20 heteroatoms. The number of hydrogen-bond donors (Lipinski definition) is 3. The van der Waals surface area contributed by atoms with Crippen LogP contribution in [0.5, 0.6) is 6.01 Å². The summed E-state index contributed by atoms with van der Waals surface area (Å²) in [5.74, 6) is -0.0109. The number of aromatic amines is 2. The van der Waals surface area contributed by atoms with E-state index in [1.807, 2.05) is 39.1 Å². The predicted octanol–water partition coefficient (Wildman–Crippen LogP) is 1.77. The number of hydrogen-bond acceptors (Lipinski definition) is 13. The molecule has 4 bridgehead atoms. The molecule has 2 aliphatic heterocycles. The minimum atomic E-state index is -0.418. The summed E-state index contributed by atoms with van der Waals surface area (Å²) in [7, 11) is 5.21. The Hall–Kier alpha value is -6.54. The van der Waals surface area contributed by atoms with Crippen molar-refractivity contribution in [2.45, 2.75) is 39.6 Å². The fraction of sp³-hybridized carbons (Fsp3) is 0.405. The Balaban J connectivity index is 1.17. The highest BCUT2D eigenvalue weighted by Gasteiger charge is 2.27. The minimum Gasteiger partial charge on any atom is -0.423 e. The zero-order chi connectivity index (χ0) is 39.8. The molecule has 0 saturated heterocycles. The molecule has 0 aromatic carbocycles. The molecular weight excluding hydrogens is 735 g/mol. The Labute approximate surface area is 326 Å². The van der Waals surface area contributed by atoms with E-state index in [-0.39, 0.29) is 42.8 Å². The lowest BCUT2D eigenvalue weighted by Crippen LogP contribution is -2.42. The van der Waals surface area contributed by atoms with Crippen molar-refractivity contribution in [2.24, 2.45) is 7.05 Å². The van der Waals surface area contributed by atoms with Crippen LogP contribution in [0.15, 0.2) is 18.6 Å². The molecule has 0 saturated carbocycles. The number of fused-ring (bicyclic) bond motifs is 4. The lowest BCUT2D eigenvalue weighted by atomic mass is 10.2. The first-order valence-corrected chi connectivity index (χ1v) is 18.6. The highest BCUT2D eigenvalue weighted by atomic mass is 16.5. The third kappa shape index (κ3) is 7.81. The Kier molecular flexibility index (Phi) is 10.2. The number of aryl methyl sites for hydroxylation is 2. The molecule has 8 rings (SSSR count). The van der Waals surface area contributed by atoms with Crippen LogP contribution in [0.4, 0.5) is 5.95 Å². The molecule has 57 heavy (non-hydrogen) atoms. The van der Waals surface area contributed by atoms with Crippen LogP contribution >= 0.6 is 0 Å². The van der Waals surface area contributed by atoms with Gasteiger partial charge in [-0.15, -0.1) is 0 Å². The zero-order valence-corrected chi connectivity index (χ0v) is 32.6. The molecule has 0 spiro atoms. The van der Waals surface area contributed by atoms with E-state index < -0.39 is 6.10 Å². The summed E-state index contributed by atoms with van der Waals surface area (Å²) in [5.41, 5.74) is 6.17. The van der Waals surface area contributed by atoms with E-state index in [4.69, 9.17) is 29.3 Å². The molecule has 0 unspecified atom stereocenters. The molecule has 20 nitrogen and oxygen atoms in total. The minimum absolute atomic E-state index is 0.0756. The third-order valence-corrected chi connectivity index (χ3v) is 9.57. The molecular formula is C37H44N15O5+. The topological polar surface area (TPSA) is 216 Å². The summed E-state index contributed by atoms with van der Waals surface area (Å²) in [6.45, 7) is 7.85. The molecule has 296 valence electrons. The van der Waals surface area contributed by atoms with Gasteiger partial charge in [-0.05, 0) is 45.1 Å². The highest BCUT2D eigenvalue weighted by Crippen LogP contribution is 2.23. The van der Waals surface area contributed by atoms with Crippen molar-refractivity contribution in [2.75, 3.05) is 58.9 Å². The lowest BCUT2D eigenvalue weighted by Gasteiger charge is -2.18. The normalized spacial score (nSPS) is 19.8. The quantitative estimate of drug-likeness (QED) is 0.214. The highest BCUT2D eigenvalue weighted by molar-refractivity contribution is 5.98. The maximum atomic E-state index is 13.9. The van der Waals surface area contributed by atoms with E-state index in [9.17, 15) is 9.59 Å². The number of aromatic nitrogens is 12. The van der Waals surface area contributed by atoms with Gasteiger partial charge in [0.05, 0.1) is 37.8 Å². The van der Waals surface area contributed by atoms with E-state index >= 15 is 0 Å². The smallest absolute Gasteiger partial charge is 0.423 e. The van der Waals surface area contributed by atoms with Crippen LogP contribution in [0.25, 0.3) is 46.4 Å². The first kappa shape index (κ1) is 37.4. The van der Waals surface area contributed by atoms with Gasteiger partial charge in [0.2, 0.25) is 11.5 Å². The second-order valence-corrected chi connectivity index (χ2v) is 14.3. The van der Waals surface area contributed by atoms with Crippen molar-refractivity contribution in [3.05, 3.63) is 58.2 Å². The van der Waals surface area contributed by atoms with E-state index in [1.54, 1.807) is 69.4 Å². The largest absolute Gasteiger partial charge is 0.501 e. The van der Waals surface area contributed by atoms with Gasteiger partial charge >= 0.3 is 6.01 Å². The number of ether oxygens (including phenoxy) is 3. The summed E-state index contributed by atoms with van der Waals surface area (Å²) in [5, 5.41) is 27.6. The Bertz CT molecular complexity index is 2530. The van der Waals surface area contributed by atoms with Crippen molar-refractivity contribution in [3.8, 4) is 6.01 Å². The van der Waals surface area contributed by atoms with Crippen LogP contribution in [0.1, 0.15) is 63.0 Å². The van der Waals surface area contributed by atoms with Crippen molar-refractivity contribution in [3.63, 3.8) is 0 Å². The molecule has 0 radical (unpaired) electrons. The van der Waals surface area contributed by atoms with Crippen LogP contribution in [0.3, 0.4) is 0 Å². The number of anilines is 1. The molecule has 3 N–H and O–H groups in total. The van der Waals surface area contributed by atoms with Crippen molar-refractivity contribution in [1.82, 2.24) is 64.7 Å². The van der Waals surface area contributed by atoms with Gasteiger partial charge < -0.3 is 29.3 Å². The number of carbonyl (C=O) groups excluding carboxylic acids is 2. The number of carbonyl (C=O) groups is 2. The Morgan fingerprint density at radius 2 is 1.53 bits per heavy atom. The van der Waals surface area contributed by atoms with Gasteiger partial charge in [0.25, 0.3) is 11.8 Å². The summed E-state index contributed by atoms with van der Waals surface area (Å²) in [4.78, 5) is 44.6. The van der Waals surface area contributed by atoms with E-state index in [0.717, 1.165) is 5.69 Å². The van der Waals surface area contributed by atoms with Crippen LogP contribution in [0, 0.1) is 6.92 Å². The standard InChI is InChI=1S/C37H43N15O5/c1-21-18-55-13-11-49(5)35(54)31-25(8-10-27-33-29(45-43-27)23(3)39-36(38-21)40-33)16-52(47-31)20-51-17-28-32-26(42-44-28)9-7-24-15-50(6)46-30(24)34(53)48(4)12-14-56-19-22(2)57-37(51)41-32/h7-10,15-17,21-22H,11-14,18-20H2,1-6H3,(H2,38,39,40,42,43,44,45,46,47,53,54)/p+1/b9-7+,10-8+/t21-,22-/m1/s1. The van der Waals surface area contributed by atoms with Gasteiger partial charge in [0, 0.05) is 68.8 Å². The second kappa shape index (κ2) is 15.5. The molecule has 0 fully saturated rings. The Morgan fingerprint density at radius 1 is 0.807 bits per heavy atom. The van der Waals surface area contributed by atoms with Crippen LogP contribution in [-0.2, 0) is 23.2 Å². The first-order valence-electron chi connectivity index (χ1n) is 18.6. The molecule has 8 heterocycles. The first-order chi connectivity index (χ1) is 27.5. The molecule has 2 aliphatic rings. The van der Waals surface area contributed by atoms with E-state index in [0.29, 0.717) is 89.1 Å². The molecule has 0 aliphatic carbocycles. The maximum Gasteiger partial charge on any atom is 0.501 e. The lowest BCUT2D eigenvalue weighted by molar-refractivity contribution is -0.709. The van der Waals surface area contributed by atoms with Gasteiger partial charge in [-0.3, -0.25) is 24.5 Å². The Morgan fingerprint density at radius 3 is 2.32 bits per heavy atom. The number of amides is 2. The third-order valence-electron chi connectivity index (χ3n) is 9.57. The monoisotopic (exact) mass is 778 g/mol. The number of H-pyrrole nitrogens is 2. The summed E-state index contributed by atoms with van der Waals surface area (Å²) >= 11 is 0. The zero-order valence-electron chi connectivity index (χ0n) is 32.6. The summed E-state index contributed by atoms with van der Waals surface area (Å²) < 4.78 is 23.3. The van der Waals surface area contributed by atoms with Gasteiger partial charge in [-0.2, -0.15) is 25.0 Å². The van der Waals surface area contributed by atoms with Crippen LogP contribution < -0.4 is 14.6 Å². The van der Waals surface area contributed by atoms with Gasteiger partial charge in [0.1, 0.15) is 34.5 Å². The van der Waals surface area contributed by atoms with Gasteiger partial charge in [-0.25, -0.2) is 14.6 Å². The van der Waals surface area contributed by atoms with Gasteiger partial charge in [-0.1, -0.05) is 0 Å². The van der Waals surface area contributed by atoms with Crippen molar-refractivity contribution in [1.29, 1.82) is 0 Å². The van der Waals surface area contributed by atoms with Gasteiger partial charge in [0.15, 0.2) is 18.1 Å². The number of likely N-dealkylation sites (N-methyl/N-ethyl adjacent to an activating group) is 2. The average molecular weight is 779 g/mol. The van der Waals surface area contributed by atoms with Crippen molar-refractivity contribution < 1.29 is 28.4 Å². The average Bonchev–Trinajstić information content (AvgIpc) is 3.97. The number of nitrogens with zero attached hydrogens (tertiary/aromatic N) is 12. The second-order valence-electron chi connectivity index (χ2n) is 14.3. The van der Waals surface area contributed by atoms with Crippen LogP contribution in [0.2, 0.25) is 0 Å². The SMILES string of the molecule is Cc1nc2nc3c([nH]nc13)/C=C/c1cn(C[n+]3cc4[nH]nc5c4nc3O[C@H](C)COCCN(C)C(=O)c3nn(C)cc3/C=C/5)nc1C(=O)N(C)CCOC[C@@H](C)N2. The van der Waals surface area contributed by atoms with E-state index in [2.05, 4.69) is 35.8 Å². The summed E-state index contributed by atoms with van der Waals surface area (Å²) in [6.07, 6.45) is 12.2. The molecule has 6 aromatic heterocycles. The molecule has 6 aromatic rings. The van der Waals surface area contributed by atoms with E-state index in [1.165, 1.54) is 0 Å². The van der Waals surface area contributed by atoms with Crippen LogP contribution in [-0.4, -0.2) is 142 Å². The summed E-state index contributed by atoms with van der Waals surface area (Å²) in [6, 6.07) is 0.211.